The molecule has 3 rings (SSSR count). The third-order valence-corrected chi connectivity index (χ3v) is 4.29. The molecule has 2 aromatic rings. The topological polar surface area (TPSA) is 84.2 Å². The lowest BCUT2D eigenvalue weighted by Crippen LogP contribution is -2.22. The van der Waals surface area contributed by atoms with E-state index < -0.39 is 5.91 Å². The van der Waals surface area contributed by atoms with E-state index in [1.54, 1.807) is 24.3 Å². The van der Waals surface area contributed by atoms with Gasteiger partial charge in [-0.1, -0.05) is 12.1 Å². The Morgan fingerprint density at radius 3 is 2.50 bits per heavy atom. The fourth-order valence-electron chi connectivity index (χ4n) is 3.05. The first-order valence-corrected chi connectivity index (χ1v) is 8.18. The molecular formula is C19H21N3O2. The fraction of sp³-hybridized carbons (Fsp3) is 0.263. The van der Waals surface area contributed by atoms with Crippen LogP contribution in [0.3, 0.4) is 0 Å². The monoisotopic (exact) mass is 323 g/mol. The summed E-state index contributed by atoms with van der Waals surface area (Å²) in [5.74, 6) is -0.612. The second kappa shape index (κ2) is 7.17. The van der Waals surface area contributed by atoms with Gasteiger partial charge in [0.2, 0.25) is 11.8 Å². The van der Waals surface area contributed by atoms with Crippen LogP contribution in [0.5, 0.6) is 0 Å². The number of primary amides is 1. The zero-order valence-corrected chi connectivity index (χ0v) is 13.5. The minimum atomic E-state index is -0.483. The molecule has 1 aliphatic rings. The molecule has 124 valence electrons. The first-order chi connectivity index (χ1) is 11.6. The van der Waals surface area contributed by atoms with E-state index in [-0.39, 0.29) is 12.5 Å². The Labute approximate surface area is 141 Å². The van der Waals surface area contributed by atoms with E-state index in [2.05, 4.69) is 16.7 Å². The van der Waals surface area contributed by atoms with Crippen LogP contribution in [0.4, 0.5) is 11.4 Å². The second-order valence-corrected chi connectivity index (χ2v) is 5.99. The van der Waals surface area contributed by atoms with Crippen molar-refractivity contribution in [2.45, 2.75) is 25.7 Å². The van der Waals surface area contributed by atoms with Gasteiger partial charge in [-0.2, -0.15) is 0 Å². The van der Waals surface area contributed by atoms with Gasteiger partial charge in [0.15, 0.2) is 0 Å². The average molecular weight is 323 g/mol. The molecule has 0 bridgehead atoms. The van der Waals surface area contributed by atoms with Crippen molar-refractivity contribution >= 4 is 23.2 Å². The lowest BCUT2D eigenvalue weighted by Gasteiger charge is -2.20. The molecule has 4 N–H and O–H groups in total. The molecular weight excluding hydrogens is 302 g/mol. The van der Waals surface area contributed by atoms with Gasteiger partial charge in [-0.05, 0) is 67.1 Å². The van der Waals surface area contributed by atoms with Crippen molar-refractivity contribution in [1.82, 2.24) is 0 Å². The van der Waals surface area contributed by atoms with Crippen LogP contribution < -0.4 is 16.4 Å². The summed E-state index contributed by atoms with van der Waals surface area (Å²) in [6.07, 6.45) is 4.61. The SMILES string of the molecule is NC(=O)c1ccc(NC(=O)CNc2cccc3c2CCCC3)cc1. The smallest absolute Gasteiger partial charge is 0.248 e. The lowest BCUT2D eigenvalue weighted by atomic mass is 9.90. The zero-order chi connectivity index (χ0) is 16.9. The zero-order valence-electron chi connectivity index (χ0n) is 13.5. The van der Waals surface area contributed by atoms with Crippen LogP contribution in [0.15, 0.2) is 42.5 Å². The Kier molecular flexibility index (Phi) is 4.79. The molecule has 0 unspecified atom stereocenters. The van der Waals surface area contributed by atoms with Crippen molar-refractivity contribution in [3.05, 3.63) is 59.2 Å². The summed E-state index contributed by atoms with van der Waals surface area (Å²) < 4.78 is 0. The standard InChI is InChI=1S/C19H21N3O2/c20-19(24)14-8-10-15(11-9-14)22-18(23)12-21-17-7-3-5-13-4-1-2-6-16(13)17/h3,5,7-11,21H,1-2,4,6,12H2,(H2,20,24)(H,22,23). The molecule has 0 saturated carbocycles. The number of fused-ring (bicyclic) bond motifs is 1. The van der Waals surface area contributed by atoms with Crippen LogP contribution in [-0.2, 0) is 17.6 Å². The van der Waals surface area contributed by atoms with Crippen molar-refractivity contribution in [2.75, 3.05) is 17.2 Å². The average Bonchev–Trinajstić information content (AvgIpc) is 2.60. The molecule has 0 spiro atoms. The minimum Gasteiger partial charge on any atom is -0.376 e. The number of carbonyl (C=O) groups is 2. The molecule has 5 heteroatoms. The molecule has 0 atom stereocenters. The van der Waals surface area contributed by atoms with Crippen LogP contribution in [-0.4, -0.2) is 18.4 Å². The Balaban J connectivity index is 1.59. The molecule has 5 nitrogen and oxygen atoms in total. The van der Waals surface area contributed by atoms with Crippen LogP contribution >= 0.6 is 0 Å². The Bertz CT molecular complexity index is 754. The summed E-state index contributed by atoms with van der Waals surface area (Å²) in [6, 6.07) is 12.8. The predicted octanol–water partition coefficient (Wildman–Crippen LogP) is 2.71. The van der Waals surface area contributed by atoms with Gasteiger partial charge in [0.1, 0.15) is 0 Å². The van der Waals surface area contributed by atoms with E-state index in [1.165, 1.54) is 24.0 Å². The summed E-state index contributed by atoms with van der Waals surface area (Å²) in [4.78, 5) is 23.1. The molecule has 0 heterocycles. The molecule has 0 fully saturated rings. The number of hydrogen-bond acceptors (Lipinski definition) is 3. The van der Waals surface area contributed by atoms with Crippen LogP contribution in [0, 0.1) is 0 Å². The number of aryl methyl sites for hydroxylation is 1. The molecule has 2 amide bonds. The van der Waals surface area contributed by atoms with Gasteiger partial charge in [-0.25, -0.2) is 0 Å². The van der Waals surface area contributed by atoms with Crippen molar-refractivity contribution < 1.29 is 9.59 Å². The number of carbonyl (C=O) groups excluding carboxylic acids is 2. The minimum absolute atomic E-state index is 0.129. The number of nitrogens with one attached hydrogen (secondary N) is 2. The molecule has 0 radical (unpaired) electrons. The molecule has 2 aromatic carbocycles. The van der Waals surface area contributed by atoms with E-state index in [0.29, 0.717) is 11.3 Å². The Morgan fingerprint density at radius 2 is 1.75 bits per heavy atom. The molecule has 24 heavy (non-hydrogen) atoms. The highest BCUT2D eigenvalue weighted by molar-refractivity contribution is 5.96. The van der Waals surface area contributed by atoms with Crippen LogP contribution in [0.25, 0.3) is 0 Å². The second-order valence-electron chi connectivity index (χ2n) is 5.99. The largest absolute Gasteiger partial charge is 0.376 e. The lowest BCUT2D eigenvalue weighted by molar-refractivity contribution is -0.114. The maximum Gasteiger partial charge on any atom is 0.248 e. The summed E-state index contributed by atoms with van der Waals surface area (Å²) in [6.45, 7) is 0.202. The molecule has 0 aromatic heterocycles. The van der Waals surface area contributed by atoms with Gasteiger partial charge in [0.05, 0.1) is 6.54 Å². The highest BCUT2D eigenvalue weighted by Gasteiger charge is 2.13. The Morgan fingerprint density at radius 1 is 1.00 bits per heavy atom. The quantitative estimate of drug-likeness (QED) is 0.791. The van der Waals surface area contributed by atoms with Crippen molar-refractivity contribution in [3.8, 4) is 0 Å². The number of benzene rings is 2. The highest BCUT2D eigenvalue weighted by atomic mass is 16.2. The first kappa shape index (κ1) is 16.1. The summed E-state index contributed by atoms with van der Waals surface area (Å²) in [5.41, 5.74) is 10.0. The van der Waals surface area contributed by atoms with E-state index >= 15 is 0 Å². The third kappa shape index (κ3) is 3.74. The predicted molar refractivity (Wildman–Crippen MR) is 95.2 cm³/mol. The van der Waals surface area contributed by atoms with E-state index in [1.807, 2.05) is 12.1 Å². The van der Waals surface area contributed by atoms with Gasteiger partial charge < -0.3 is 16.4 Å². The maximum atomic E-state index is 12.1. The normalized spacial score (nSPS) is 13.0. The molecule has 0 saturated heterocycles. The van der Waals surface area contributed by atoms with Gasteiger partial charge in [0.25, 0.3) is 0 Å². The molecule has 1 aliphatic carbocycles. The van der Waals surface area contributed by atoms with E-state index in [9.17, 15) is 9.59 Å². The highest BCUT2D eigenvalue weighted by Crippen LogP contribution is 2.27. The number of hydrogen-bond donors (Lipinski definition) is 3. The number of amides is 2. The first-order valence-electron chi connectivity index (χ1n) is 8.18. The van der Waals surface area contributed by atoms with Gasteiger partial charge in [-0.15, -0.1) is 0 Å². The third-order valence-electron chi connectivity index (χ3n) is 4.29. The van der Waals surface area contributed by atoms with Gasteiger partial charge >= 0.3 is 0 Å². The maximum absolute atomic E-state index is 12.1. The van der Waals surface area contributed by atoms with E-state index in [4.69, 9.17) is 5.73 Å². The summed E-state index contributed by atoms with van der Waals surface area (Å²) in [7, 11) is 0. The van der Waals surface area contributed by atoms with Gasteiger partial charge in [-0.3, -0.25) is 9.59 Å². The van der Waals surface area contributed by atoms with E-state index in [0.717, 1.165) is 18.5 Å². The Hall–Kier alpha value is -2.82. The number of anilines is 2. The van der Waals surface area contributed by atoms with Crippen LogP contribution in [0.2, 0.25) is 0 Å². The summed E-state index contributed by atoms with van der Waals surface area (Å²) in [5, 5.41) is 6.04. The van der Waals surface area contributed by atoms with Gasteiger partial charge in [0, 0.05) is 16.9 Å². The fourth-order valence-corrected chi connectivity index (χ4v) is 3.05. The van der Waals surface area contributed by atoms with Crippen LogP contribution in [0.1, 0.15) is 34.3 Å². The van der Waals surface area contributed by atoms with Crippen molar-refractivity contribution in [2.24, 2.45) is 5.73 Å². The number of rotatable bonds is 5. The summed E-state index contributed by atoms with van der Waals surface area (Å²) >= 11 is 0. The number of nitrogens with two attached hydrogens (primary N) is 1. The van der Waals surface area contributed by atoms with Crippen molar-refractivity contribution in [3.63, 3.8) is 0 Å². The van der Waals surface area contributed by atoms with Crippen molar-refractivity contribution in [1.29, 1.82) is 0 Å². The molecule has 0 aliphatic heterocycles.